The van der Waals surface area contributed by atoms with Gasteiger partial charge >= 0.3 is 0 Å². The van der Waals surface area contributed by atoms with Crippen molar-refractivity contribution in [1.82, 2.24) is 0 Å². The van der Waals surface area contributed by atoms with Crippen molar-refractivity contribution in [3.05, 3.63) is 83.0 Å². The van der Waals surface area contributed by atoms with Crippen LogP contribution >= 0.6 is 0 Å². The predicted molar refractivity (Wildman–Crippen MR) is 108 cm³/mol. The van der Waals surface area contributed by atoms with E-state index in [2.05, 4.69) is 31.7 Å². The summed E-state index contributed by atoms with van der Waals surface area (Å²) in [6, 6.07) is 13.9. The average molecular weight is 348 g/mol. The Hall–Kier alpha value is -2.48. The Labute approximate surface area is 156 Å². The highest BCUT2D eigenvalue weighted by molar-refractivity contribution is 5.52. The molecule has 2 N–H and O–H groups in total. The van der Waals surface area contributed by atoms with Crippen LogP contribution in [-0.4, -0.2) is 10.2 Å². The van der Waals surface area contributed by atoms with Gasteiger partial charge in [-0.05, 0) is 68.7 Å². The first-order valence-electron chi connectivity index (χ1n) is 9.37. The standard InChI is InChI=1S/C24H28O2/c1-16(2)20-12-9-17(3)13-21(20)24-22(25)14-19(15-23(24)26)11-10-18-7-5-4-6-8-18/h4-8,13-15,20-21,25-26H,1,9-12H2,2-3H3/t20-,21+/m0/s1. The molecule has 1 aliphatic carbocycles. The van der Waals surface area contributed by atoms with Gasteiger partial charge in [0.25, 0.3) is 0 Å². The SMILES string of the molecule is C=C(C)[C@@H]1CCC(C)=C[C@H]1c1c(O)cc(CCc2ccccc2)cc1O. The van der Waals surface area contributed by atoms with Crippen LogP contribution in [0.25, 0.3) is 0 Å². The molecule has 2 nitrogen and oxygen atoms in total. The van der Waals surface area contributed by atoms with Crippen molar-refractivity contribution < 1.29 is 10.2 Å². The Morgan fingerprint density at radius 3 is 2.27 bits per heavy atom. The lowest BCUT2D eigenvalue weighted by molar-refractivity contribution is 0.406. The van der Waals surface area contributed by atoms with Crippen molar-refractivity contribution in [3.63, 3.8) is 0 Å². The van der Waals surface area contributed by atoms with Crippen molar-refractivity contribution in [2.75, 3.05) is 0 Å². The number of phenolic OH excluding ortho intramolecular Hbond substituents is 2. The third kappa shape index (κ3) is 4.01. The van der Waals surface area contributed by atoms with E-state index in [1.165, 1.54) is 11.1 Å². The number of benzene rings is 2. The lowest BCUT2D eigenvalue weighted by atomic mass is 9.73. The van der Waals surface area contributed by atoms with Gasteiger partial charge in [-0.1, -0.05) is 54.1 Å². The summed E-state index contributed by atoms with van der Waals surface area (Å²) in [7, 11) is 0. The van der Waals surface area contributed by atoms with Crippen LogP contribution in [0.2, 0.25) is 0 Å². The lowest BCUT2D eigenvalue weighted by Crippen LogP contribution is -2.17. The zero-order valence-corrected chi connectivity index (χ0v) is 15.7. The first-order chi connectivity index (χ1) is 12.5. The second kappa shape index (κ2) is 7.82. The lowest BCUT2D eigenvalue weighted by Gasteiger charge is -2.31. The quantitative estimate of drug-likeness (QED) is 0.661. The van der Waals surface area contributed by atoms with E-state index >= 15 is 0 Å². The number of aromatic hydroxyl groups is 2. The molecule has 2 aromatic carbocycles. The molecule has 2 atom stereocenters. The summed E-state index contributed by atoms with van der Waals surface area (Å²) in [4.78, 5) is 0. The molecule has 0 radical (unpaired) electrons. The van der Waals surface area contributed by atoms with Gasteiger partial charge in [-0.3, -0.25) is 0 Å². The van der Waals surface area contributed by atoms with E-state index in [1.807, 2.05) is 37.3 Å². The van der Waals surface area contributed by atoms with E-state index in [0.717, 1.165) is 36.8 Å². The minimum atomic E-state index is -0.00979. The highest BCUT2D eigenvalue weighted by Crippen LogP contribution is 2.46. The maximum atomic E-state index is 10.7. The van der Waals surface area contributed by atoms with Crippen LogP contribution in [0.4, 0.5) is 0 Å². The minimum Gasteiger partial charge on any atom is -0.507 e. The molecule has 3 rings (SSSR count). The van der Waals surface area contributed by atoms with E-state index in [4.69, 9.17) is 0 Å². The maximum absolute atomic E-state index is 10.7. The van der Waals surface area contributed by atoms with Crippen LogP contribution in [0.3, 0.4) is 0 Å². The second-order valence-corrected chi connectivity index (χ2v) is 7.56. The Bertz CT molecular complexity index is 794. The summed E-state index contributed by atoms with van der Waals surface area (Å²) in [5.74, 6) is 0.626. The highest BCUT2D eigenvalue weighted by Gasteiger charge is 2.30. The van der Waals surface area contributed by atoms with Gasteiger partial charge < -0.3 is 10.2 Å². The third-order valence-corrected chi connectivity index (χ3v) is 5.45. The van der Waals surface area contributed by atoms with E-state index in [-0.39, 0.29) is 23.3 Å². The highest BCUT2D eigenvalue weighted by atomic mass is 16.3. The van der Waals surface area contributed by atoms with Crippen molar-refractivity contribution >= 4 is 0 Å². The van der Waals surface area contributed by atoms with Crippen LogP contribution in [-0.2, 0) is 12.8 Å². The van der Waals surface area contributed by atoms with Gasteiger partial charge in [0, 0.05) is 11.5 Å². The summed E-state index contributed by atoms with van der Waals surface area (Å²) in [6.45, 7) is 8.28. The smallest absolute Gasteiger partial charge is 0.123 e. The van der Waals surface area contributed by atoms with Gasteiger partial charge in [0.05, 0.1) is 0 Å². The first kappa shape index (κ1) is 18.3. The summed E-state index contributed by atoms with van der Waals surface area (Å²) in [6.07, 6.45) is 5.91. The van der Waals surface area contributed by atoms with Crippen LogP contribution in [0.5, 0.6) is 11.5 Å². The van der Waals surface area contributed by atoms with Crippen LogP contribution < -0.4 is 0 Å². The molecule has 26 heavy (non-hydrogen) atoms. The number of aryl methyl sites for hydroxylation is 2. The zero-order valence-electron chi connectivity index (χ0n) is 15.7. The molecule has 0 saturated carbocycles. The van der Waals surface area contributed by atoms with Crippen LogP contribution in [0.15, 0.2) is 66.3 Å². The normalized spacial score (nSPS) is 19.8. The van der Waals surface area contributed by atoms with Crippen molar-refractivity contribution in [1.29, 1.82) is 0 Å². The minimum absolute atomic E-state index is 0.00979. The Kier molecular flexibility index (Phi) is 5.51. The van der Waals surface area contributed by atoms with Crippen molar-refractivity contribution in [3.8, 4) is 11.5 Å². The number of allylic oxidation sites excluding steroid dienone is 3. The number of rotatable bonds is 5. The molecule has 2 aromatic rings. The molecule has 0 fully saturated rings. The van der Waals surface area contributed by atoms with Gasteiger partial charge in [0.1, 0.15) is 11.5 Å². The summed E-state index contributed by atoms with van der Waals surface area (Å²) in [5, 5.41) is 21.4. The van der Waals surface area contributed by atoms with Gasteiger partial charge in [-0.15, -0.1) is 0 Å². The van der Waals surface area contributed by atoms with Crippen LogP contribution in [0.1, 0.15) is 49.3 Å². The van der Waals surface area contributed by atoms with E-state index < -0.39 is 0 Å². The van der Waals surface area contributed by atoms with Gasteiger partial charge in [0.2, 0.25) is 0 Å². The second-order valence-electron chi connectivity index (χ2n) is 7.56. The van der Waals surface area contributed by atoms with Gasteiger partial charge in [0.15, 0.2) is 0 Å². The molecule has 1 aliphatic rings. The molecule has 0 heterocycles. The molecular weight excluding hydrogens is 320 g/mol. The molecule has 0 bridgehead atoms. The van der Waals surface area contributed by atoms with Crippen molar-refractivity contribution in [2.24, 2.45) is 5.92 Å². The number of phenols is 2. The topological polar surface area (TPSA) is 40.5 Å². The van der Waals surface area contributed by atoms with Crippen molar-refractivity contribution in [2.45, 2.75) is 45.4 Å². The average Bonchev–Trinajstić information content (AvgIpc) is 2.60. The molecule has 0 saturated heterocycles. The molecule has 0 amide bonds. The Morgan fingerprint density at radius 2 is 1.65 bits per heavy atom. The summed E-state index contributed by atoms with van der Waals surface area (Å²) in [5.41, 5.74) is 5.25. The largest absolute Gasteiger partial charge is 0.507 e. The monoisotopic (exact) mass is 348 g/mol. The van der Waals surface area contributed by atoms with Gasteiger partial charge in [-0.25, -0.2) is 0 Å². The maximum Gasteiger partial charge on any atom is 0.123 e. The number of hydrogen-bond acceptors (Lipinski definition) is 2. The Morgan fingerprint density at radius 1 is 1.04 bits per heavy atom. The zero-order chi connectivity index (χ0) is 18.7. The number of hydrogen-bond donors (Lipinski definition) is 2. The van der Waals surface area contributed by atoms with Gasteiger partial charge in [-0.2, -0.15) is 0 Å². The fraction of sp³-hybridized carbons (Fsp3) is 0.333. The first-order valence-corrected chi connectivity index (χ1v) is 9.37. The molecule has 0 unspecified atom stereocenters. The summed E-state index contributed by atoms with van der Waals surface area (Å²) < 4.78 is 0. The third-order valence-electron chi connectivity index (χ3n) is 5.45. The van der Waals surface area contributed by atoms with E-state index in [9.17, 15) is 10.2 Å². The fourth-order valence-electron chi connectivity index (χ4n) is 4.01. The fourth-order valence-corrected chi connectivity index (χ4v) is 4.01. The van der Waals surface area contributed by atoms with E-state index in [1.54, 1.807) is 0 Å². The molecule has 0 aromatic heterocycles. The molecule has 136 valence electrons. The molecular formula is C24H28O2. The van der Waals surface area contributed by atoms with Crippen LogP contribution in [0, 0.1) is 5.92 Å². The summed E-state index contributed by atoms with van der Waals surface area (Å²) >= 11 is 0. The predicted octanol–water partition coefficient (Wildman–Crippen LogP) is 5.90. The molecule has 2 heteroatoms. The Balaban J connectivity index is 1.87. The molecule has 0 aliphatic heterocycles. The van der Waals surface area contributed by atoms with E-state index in [0.29, 0.717) is 5.56 Å². The molecule has 0 spiro atoms.